The van der Waals surface area contributed by atoms with E-state index in [0.29, 0.717) is 34.3 Å². The maximum Gasteiger partial charge on any atom is 0.231 e. The van der Waals surface area contributed by atoms with Crippen LogP contribution in [0.15, 0.2) is 30.6 Å². The molecule has 148 valence electrons. The van der Waals surface area contributed by atoms with Crippen LogP contribution >= 0.6 is 0 Å². The van der Waals surface area contributed by atoms with Crippen LogP contribution in [0.3, 0.4) is 0 Å². The largest absolute Gasteiger partial charge is 0.394 e. The summed E-state index contributed by atoms with van der Waals surface area (Å²) >= 11 is 0. The Kier molecular flexibility index (Phi) is 4.77. The van der Waals surface area contributed by atoms with E-state index in [2.05, 4.69) is 34.9 Å². The zero-order chi connectivity index (χ0) is 19.7. The first-order chi connectivity index (χ1) is 13.4. The molecule has 10 nitrogen and oxygen atoms in total. The number of imidazole rings is 1. The van der Waals surface area contributed by atoms with E-state index >= 15 is 0 Å². The number of rotatable bonds is 6. The summed E-state index contributed by atoms with van der Waals surface area (Å²) in [6.45, 7) is 0.843. The summed E-state index contributed by atoms with van der Waals surface area (Å²) in [5.41, 5.74) is 2.31. The number of H-pyrrole nitrogens is 1. The van der Waals surface area contributed by atoms with E-state index in [1.54, 1.807) is 30.6 Å². The number of aliphatic hydroxyl groups excluding tert-OH is 1. The topological polar surface area (TPSA) is 136 Å². The van der Waals surface area contributed by atoms with Crippen molar-refractivity contribution in [2.45, 2.75) is 18.9 Å². The molecule has 0 bridgehead atoms. The first-order valence-electron chi connectivity index (χ1n) is 8.86. The van der Waals surface area contributed by atoms with Crippen LogP contribution in [0.25, 0.3) is 11.2 Å². The van der Waals surface area contributed by atoms with Gasteiger partial charge < -0.3 is 20.3 Å². The molecule has 11 heteroatoms. The first-order valence-corrected chi connectivity index (χ1v) is 10.8. The van der Waals surface area contributed by atoms with Gasteiger partial charge >= 0.3 is 0 Å². The maximum atomic E-state index is 11.4. The van der Waals surface area contributed by atoms with Crippen LogP contribution in [0.5, 0.6) is 0 Å². The van der Waals surface area contributed by atoms with Gasteiger partial charge in [0.05, 0.1) is 30.9 Å². The van der Waals surface area contributed by atoms with Crippen molar-refractivity contribution < 1.29 is 13.5 Å². The average Bonchev–Trinajstić information content (AvgIpc) is 3.28. The van der Waals surface area contributed by atoms with E-state index in [-0.39, 0.29) is 12.6 Å². The fraction of sp³-hybridized carbons (Fsp3) is 0.353. The highest BCUT2D eigenvalue weighted by Crippen LogP contribution is 2.30. The number of aliphatic hydroxyl groups is 1. The van der Waals surface area contributed by atoms with Crippen LogP contribution < -0.4 is 14.9 Å². The second-order valence-corrected chi connectivity index (χ2v) is 8.47. The lowest BCUT2D eigenvalue weighted by Gasteiger charge is -2.24. The van der Waals surface area contributed by atoms with Gasteiger partial charge in [-0.25, -0.2) is 13.4 Å². The monoisotopic (exact) mass is 403 g/mol. The lowest BCUT2D eigenvalue weighted by Crippen LogP contribution is -2.33. The van der Waals surface area contributed by atoms with Crippen molar-refractivity contribution in [3.63, 3.8) is 0 Å². The number of hydrogen-bond acceptors (Lipinski definition) is 8. The summed E-state index contributed by atoms with van der Waals surface area (Å²) < 4.78 is 25.3. The summed E-state index contributed by atoms with van der Waals surface area (Å²) in [6, 6.07) is 6.85. The molecule has 4 rings (SSSR count). The maximum absolute atomic E-state index is 11.4. The Morgan fingerprint density at radius 2 is 2.14 bits per heavy atom. The molecule has 1 atom stereocenters. The quantitative estimate of drug-likeness (QED) is 0.485. The molecule has 1 aliphatic heterocycles. The molecular formula is C17H21N7O3S. The molecule has 28 heavy (non-hydrogen) atoms. The van der Waals surface area contributed by atoms with Gasteiger partial charge in [-0.3, -0.25) is 4.72 Å². The highest BCUT2D eigenvalue weighted by Gasteiger charge is 2.28. The number of aromatic nitrogens is 4. The fourth-order valence-electron chi connectivity index (χ4n) is 3.38. The van der Waals surface area contributed by atoms with Crippen LogP contribution in [0, 0.1) is 0 Å². The van der Waals surface area contributed by atoms with E-state index < -0.39 is 10.0 Å². The van der Waals surface area contributed by atoms with Crippen molar-refractivity contribution >= 4 is 44.3 Å². The van der Waals surface area contributed by atoms with Gasteiger partial charge in [0, 0.05) is 12.2 Å². The molecule has 0 unspecified atom stereocenters. The first kappa shape index (κ1) is 18.4. The highest BCUT2D eigenvalue weighted by molar-refractivity contribution is 7.92. The van der Waals surface area contributed by atoms with Crippen molar-refractivity contribution in [2.75, 3.05) is 34.3 Å². The van der Waals surface area contributed by atoms with Crippen molar-refractivity contribution in [2.24, 2.45) is 0 Å². The number of anilines is 4. The second kappa shape index (κ2) is 7.24. The molecule has 1 aliphatic rings. The summed E-state index contributed by atoms with van der Waals surface area (Å²) in [5, 5.41) is 12.8. The third-order valence-corrected chi connectivity index (χ3v) is 5.15. The highest BCUT2D eigenvalue weighted by atomic mass is 32.2. The SMILES string of the molecule is CS(=O)(=O)Nc1cccc(Nc2nc(N3CCC[C@H]3CO)c3nc[nH]c3n2)c1. The van der Waals surface area contributed by atoms with Gasteiger partial charge in [-0.1, -0.05) is 6.07 Å². The number of benzene rings is 1. The van der Waals surface area contributed by atoms with Gasteiger partial charge in [0.2, 0.25) is 16.0 Å². The Bertz CT molecular complexity index is 1100. The molecule has 0 radical (unpaired) electrons. The summed E-state index contributed by atoms with van der Waals surface area (Å²) in [4.78, 5) is 18.5. The van der Waals surface area contributed by atoms with Gasteiger partial charge in [0.1, 0.15) is 0 Å². The molecular weight excluding hydrogens is 382 g/mol. The van der Waals surface area contributed by atoms with Crippen LogP contribution in [-0.4, -0.2) is 58.9 Å². The van der Waals surface area contributed by atoms with Gasteiger partial charge in [-0.15, -0.1) is 0 Å². The van der Waals surface area contributed by atoms with Gasteiger partial charge in [0.15, 0.2) is 17.0 Å². The Morgan fingerprint density at radius 1 is 1.32 bits per heavy atom. The summed E-state index contributed by atoms with van der Waals surface area (Å²) in [7, 11) is -3.37. The summed E-state index contributed by atoms with van der Waals surface area (Å²) in [5.74, 6) is 1.02. The number of aromatic amines is 1. The number of nitrogens with zero attached hydrogens (tertiary/aromatic N) is 4. The zero-order valence-electron chi connectivity index (χ0n) is 15.3. The zero-order valence-corrected chi connectivity index (χ0v) is 16.1. The normalized spacial score (nSPS) is 17.2. The molecule has 4 N–H and O–H groups in total. The third-order valence-electron chi connectivity index (χ3n) is 4.54. The second-order valence-electron chi connectivity index (χ2n) is 6.72. The van der Waals surface area contributed by atoms with Crippen LogP contribution in [0.1, 0.15) is 12.8 Å². The molecule has 3 aromatic rings. The van der Waals surface area contributed by atoms with Gasteiger partial charge in [-0.05, 0) is 31.0 Å². The number of hydrogen-bond donors (Lipinski definition) is 4. The van der Waals surface area contributed by atoms with E-state index in [9.17, 15) is 13.5 Å². The molecule has 3 heterocycles. The smallest absolute Gasteiger partial charge is 0.231 e. The van der Waals surface area contributed by atoms with Crippen LogP contribution in [-0.2, 0) is 10.0 Å². The minimum atomic E-state index is -3.37. The summed E-state index contributed by atoms with van der Waals surface area (Å²) in [6.07, 6.45) is 4.53. The number of sulfonamides is 1. The Morgan fingerprint density at radius 3 is 2.93 bits per heavy atom. The Labute approximate surface area is 162 Å². The minimum Gasteiger partial charge on any atom is -0.394 e. The van der Waals surface area contributed by atoms with Crippen molar-refractivity contribution in [3.8, 4) is 0 Å². The predicted molar refractivity (Wildman–Crippen MR) is 107 cm³/mol. The molecule has 0 amide bonds. The Balaban J connectivity index is 1.67. The molecule has 0 spiro atoms. The van der Waals surface area contributed by atoms with Crippen LogP contribution in [0.4, 0.5) is 23.1 Å². The number of nitrogens with one attached hydrogen (secondary N) is 3. The van der Waals surface area contributed by atoms with Gasteiger partial charge in [0.25, 0.3) is 0 Å². The third kappa shape index (κ3) is 3.85. The van der Waals surface area contributed by atoms with E-state index in [4.69, 9.17) is 0 Å². The van der Waals surface area contributed by atoms with Crippen molar-refractivity contribution in [1.82, 2.24) is 19.9 Å². The minimum absolute atomic E-state index is 0.00457. The van der Waals surface area contributed by atoms with Crippen molar-refractivity contribution in [3.05, 3.63) is 30.6 Å². The fourth-order valence-corrected chi connectivity index (χ4v) is 3.94. The van der Waals surface area contributed by atoms with E-state index in [0.717, 1.165) is 25.6 Å². The molecule has 1 saturated heterocycles. The Hall–Kier alpha value is -2.92. The molecule has 1 aromatic carbocycles. The molecule has 0 saturated carbocycles. The van der Waals surface area contributed by atoms with E-state index in [1.807, 2.05) is 0 Å². The lowest BCUT2D eigenvalue weighted by atomic mass is 10.2. The predicted octanol–water partition coefficient (Wildman–Crippen LogP) is 1.43. The van der Waals surface area contributed by atoms with Crippen LogP contribution in [0.2, 0.25) is 0 Å². The molecule has 1 fully saturated rings. The number of fused-ring (bicyclic) bond motifs is 1. The lowest BCUT2D eigenvalue weighted by molar-refractivity contribution is 0.266. The average molecular weight is 403 g/mol. The molecule has 0 aliphatic carbocycles. The van der Waals surface area contributed by atoms with Crippen molar-refractivity contribution in [1.29, 1.82) is 0 Å². The van der Waals surface area contributed by atoms with E-state index in [1.165, 1.54) is 0 Å². The standard InChI is InChI=1S/C17H21N7O3S/c1-28(26,27)23-12-5-2-4-11(8-12)20-17-21-15-14(18-10-19-15)16(22-17)24-7-3-6-13(24)9-25/h2,4-5,8,10,13,23,25H,3,6-7,9H2,1H3,(H2,18,19,20,21,22)/t13-/m0/s1. The van der Waals surface area contributed by atoms with Gasteiger partial charge in [-0.2, -0.15) is 9.97 Å². The molecule has 2 aromatic heterocycles.